The maximum absolute atomic E-state index is 3.78. The number of nitrogens with zero attached hydrogens (tertiary/aromatic N) is 1. The minimum absolute atomic E-state index is 0.426. The zero-order valence-electron chi connectivity index (χ0n) is 12.1. The number of rotatable bonds is 3. The van der Waals surface area contributed by atoms with Gasteiger partial charge in [-0.15, -0.1) is 11.8 Å². The first-order valence-corrected chi connectivity index (χ1v) is 8.72. The fourth-order valence-electron chi connectivity index (χ4n) is 3.30. The first kappa shape index (κ1) is 13.1. The fraction of sp³-hybridized carbons (Fsp3) is 0.333. The monoisotopic (exact) mass is 296 g/mol. The molecule has 1 N–H and O–H groups in total. The zero-order chi connectivity index (χ0) is 14.1. The molecule has 21 heavy (non-hydrogen) atoms. The summed E-state index contributed by atoms with van der Waals surface area (Å²) in [4.78, 5) is 3.93. The molecule has 1 saturated heterocycles. The summed E-state index contributed by atoms with van der Waals surface area (Å²) < 4.78 is 0. The Balaban J connectivity index is 1.61. The van der Waals surface area contributed by atoms with Crippen molar-refractivity contribution in [3.63, 3.8) is 0 Å². The molecule has 0 bridgehead atoms. The van der Waals surface area contributed by atoms with E-state index in [9.17, 15) is 0 Å². The smallest absolute Gasteiger partial charge is 0.0619 e. The minimum Gasteiger partial charge on any atom is -0.376 e. The van der Waals surface area contributed by atoms with Crippen molar-refractivity contribution < 1.29 is 0 Å². The second-order valence-corrected chi connectivity index (χ2v) is 6.82. The van der Waals surface area contributed by atoms with E-state index < -0.39 is 0 Å². The lowest BCUT2D eigenvalue weighted by Gasteiger charge is -2.24. The normalized spacial score (nSPS) is 20.6. The van der Waals surface area contributed by atoms with Crippen LogP contribution in [0.4, 0.5) is 11.4 Å². The van der Waals surface area contributed by atoms with E-state index >= 15 is 0 Å². The van der Waals surface area contributed by atoms with Gasteiger partial charge in [0.2, 0.25) is 0 Å². The van der Waals surface area contributed by atoms with Gasteiger partial charge in [-0.3, -0.25) is 0 Å². The van der Waals surface area contributed by atoms with Gasteiger partial charge >= 0.3 is 0 Å². The number of anilines is 2. The second kappa shape index (κ2) is 5.64. The largest absolute Gasteiger partial charge is 0.376 e. The SMILES string of the molecule is c1ccc(N2CCCC2)c(NC2CSc3ccccc32)c1. The van der Waals surface area contributed by atoms with Crippen LogP contribution in [0.2, 0.25) is 0 Å². The second-order valence-electron chi connectivity index (χ2n) is 5.76. The lowest BCUT2D eigenvalue weighted by atomic mass is 10.1. The van der Waals surface area contributed by atoms with E-state index in [1.165, 1.54) is 47.8 Å². The molecule has 3 heteroatoms. The van der Waals surface area contributed by atoms with Crippen LogP contribution in [-0.4, -0.2) is 18.8 Å². The Morgan fingerprint density at radius 2 is 1.71 bits per heavy atom. The summed E-state index contributed by atoms with van der Waals surface area (Å²) in [6.45, 7) is 2.38. The highest BCUT2D eigenvalue weighted by molar-refractivity contribution is 7.99. The molecule has 0 saturated carbocycles. The average Bonchev–Trinajstić information content (AvgIpc) is 3.18. The van der Waals surface area contributed by atoms with Crippen LogP contribution in [0.3, 0.4) is 0 Å². The van der Waals surface area contributed by atoms with Crippen molar-refractivity contribution >= 4 is 23.1 Å². The molecule has 0 aliphatic carbocycles. The summed E-state index contributed by atoms with van der Waals surface area (Å²) in [5.74, 6) is 1.12. The fourth-order valence-corrected chi connectivity index (χ4v) is 4.46. The first-order valence-electron chi connectivity index (χ1n) is 7.74. The summed E-state index contributed by atoms with van der Waals surface area (Å²) in [6, 6.07) is 17.9. The lowest BCUT2D eigenvalue weighted by molar-refractivity contribution is 0.892. The van der Waals surface area contributed by atoms with Crippen LogP contribution in [0.15, 0.2) is 53.4 Å². The van der Waals surface area contributed by atoms with Gasteiger partial charge in [0.1, 0.15) is 0 Å². The van der Waals surface area contributed by atoms with Gasteiger partial charge in [0, 0.05) is 23.7 Å². The van der Waals surface area contributed by atoms with E-state index in [0.29, 0.717) is 6.04 Å². The van der Waals surface area contributed by atoms with Crippen LogP contribution < -0.4 is 10.2 Å². The first-order chi connectivity index (χ1) is 10.4. The van der Waals surface area contributed by atoms with Crippen molar-refractivity contribution in [1.29, 1.82) is 0 Å². The van der Waals surface area contributed by atoms with Crippen molar-refractivity contribution in [3.05, 3.63) is 54.1 Å². The molecule has 2 aliphatic heterocycles. The van der Waals surface area contributed by atoms with Crippen LogP contribution in [0, 0.1) is 0 Å². The quantitative estimate of drug-likeness (QED) is 0.895. The molecular formula is C18H20N2S. The molecule has 2 heterocycles. The zero-order valence-corrected chi connectivity index (χ0v) is 12.9. The van der Waals surface area contributed by atoms with Crippen molar-refractivity contribution in [2.24, 2.45) is 0 Å². The Morgan fingerprint density at radius 3 is 2.62 bits per heavy atom. The highest BCUT2D eigenvalue weighted by Gasteiger charge is 2.24. The Bertz CT molecular complexity index is 635. The molecule has 0 spiro atoms. The summed E-state index contributed by atoms with van der Waals surface area (Å²) in [5, 5.41) is 3.78. The maximum Gasteiger partial charge on any atom is 0.0619 e. The predicted molar refractivity (Wildman–Crippen MR) is 91.4 cm³/mol. The number of para-hydroxylation sites is 2. The Morgan fingerprint density at radius 1 is 0.952 bits per heavy atom. The molecule has 2 nitrogen and oxygen atoms in total. The van der Waals surface area contributed by atoms with E-state index in [1.807, 2.05) is 11.8 Å². The number of hydrogen-bond acceptors (Lipinski definition) is 3. The summed E-state index contributed by atoms with van der Waals surface area (Å²) in [7, 11) is 0. The molecule has 0 radical (unpaired) electrons. The van der Waals surface area contributed by atoms with Crippen molar-refractivity contribution in [3.8, 4) is 0 Å². The Hall–Kier alpha value is -1.61. The third-order valence-electron chi connectivity index (χ3n) is 4.38. The topological polar surface area (TPSA) is 15.3 Å². The number of hydrogen-bond donors (Lipinski definition) is 1. The standard InChI is InChI=1S/C18H20N2S/c1-4-10-18-14(7-1)16(13-21-18)19-15-8-2-3-9-17(15)20-11-5-6-12-20/h1-4,7-10,16,19H,5-6,11-13H2. The number of fused-ring (bicyclic) bond motifs is 1. The third kappa shape index (κ3) is 2.51. The maximum atomic E-state index is 3.78. The average molecular weight is 296 g/mol. The number of nitrogens with one attached hydrogen (secondary N) is 1. The third-order valence-corrected chi connectivity index (χ3v) is 5.56. The highest BCUT2D eigenvalue weighted by Crippen LogP contribution is 2.41. The van der Waals surface area contributed by atoms with Gasteiger partial charge in [-0.2, -0.15) is 0 Å². The summed E-state index contributed by atoms with van der Waals surface area (Å²) in [6.07, 6.45) is 2.63. The van der Waals surface area contributed by atoms with Crippen LogP contribution in [0.1, 0.15) is 24.4 Å². The molecule has 4 rings (SSSR count). The van der Waals surface area contributed by atoms with Crippen molar-refractivity contribution in [2.45, 2.75) is 23.8 Å². The molecule has 0 aromatic heterocycles. The van der Waals surface area contributed by atoms with Gasteiger partial charge in [0.05, 0.1) is 17.4 Å². The van der Waals surface area contributed by atoms with Crippen LogP contribution in [0.25, 0.3) is 0 Å². The molecular weight excluding hydrogens is 276 g/mol. The number of thioether (sulfide) groups is 1. The Kier molecular flexibility index (Phi) is 3.52. The van der Waals surface area contributed by atoms with Crippen LogP contribution in [-0.2, 0) is 0 Å². The van der Waals surface area contributed by atoms with E-state index in [1.54, 1.807) is 0 Å². The molecule has 1 unspecified atom stereocenters. The molecule has 2 aliphatic rings. The van der Waals surface area contributed by atoms with Gasteiger partial charge in [-0.25, -0.2) is 0 Å². The van der Waals surface area contributed by atoms with Gasteiger partial charge in [-0.05, 0) is 36.6 Å². The summed E-state index contributed by atoms with van der Waals surface area (Å²) >= 11 is 1.96. The van der Waals surface area contributed by atoms with Gasteiger partial charge < -0.3 is 10.2 Å². The van der Waals surface area contributed by atoms with E-state index in [4.69, 9.17) is 0 Å². The molecule has 2 aromatic carbocycles. The van der Waals surface area contributed by atoms with Crippen LogP contribution >= 0.6 is 11.8 Å². The molecule has 108 valence electrons. The van der Waals surface area contributed by atoms with Crippen LogP contribution in [0.5, 0.6) is 0 Å². The van der Waals surface area contributed by atoms with E-state index in [0.717, 1.165) is 5.75 Å². The van der Waals surface area contributed by atoms with E-state index in [-0.39, 0.29) is 0 Å². The van der Waals surface area contributed by atoms with Gasteiger partial charge in [0.25, 0.3) is 0 Å². The minimum atomic E-state index is 0.426. The van der Waals surface area contributed by atoms with Crippen molar-refractivity contribution in [2.75, 3.05) is 29.1 Å². The molecule has 0 amide bonds. The molecule has 1 fully saturated rings. The highest BCUT2D eigenvalue weighted by atomic mass is 32.2. The Labute approximate surface area is 130 Å². The van der Waals surface area contributed by atoms with Gasteiger partial charge in [0.15, 0.2) is 0 Å². The summed E-state index contributed by atoms with van der Waals surface area (Å²) in [5.41, 5.74) is 4.09. The lowest BCUT2D eigenvalue weighted by Crippen LogP contribution is -2.20. The van der Waals surface area contributed by atoms with Gasteiger partial charge in [-0.1, -0.05) is 30.3 Å². The van der Waals surface area contributed by atoms with Crippen molar-refractivity contribution in [1.82, 2.24) is 0 Å². The molecule has 1 atom stereocenters. The molecule has 2 aromatic rings. The number of benzene rings is 2. The predicted octanol–water partition coefficient (Wildman–Crippen LogP) is 4.55. The van der Waals surface area contributed by atoms with E-state index in [2.05, 4.69) is 58.7 Å².